The van der Waals surface area contributed by atoms with Crippen molar-refractivity contribution in [2.24, 2.45) is 0 Å². The fourth-order valence-corrected chi connectivity index (χ4v) is 1.80. The smallest absolute Gasteiger partial charge is 0.298 e. The molecule has 0 spiro atoms. The number of rotatable bonds is 3. The Labute approximate surface area is 107 Å². The van der Waals surface area contributed by atoms with Gasteiger partial charge in [0.2, 0.25) is 0 Å². The van der Waals surface area contributed by atoms with Gasteiger partial charge in [0, 0.05) is 23.9 Å². The van der Waals surface area contributed by atoms with Crippen molar-refractivity contribution in [1.29, 1.82) is 0 Å². The van der Waals surface area contributed by atoms with Crippen LogP contribution in [0.3, 0.4) is 0 Å². The summed E-state index contributed by atoms with van der Waals surface area (Å²) in [5.74, 6) is 0. The maximum absolute atomic E-state index is 13.0. The Bertz CT molecular complexity index is 602. The van der Waals surface area contributed by atoms with Crippen LogP contribution < -0.4 is 0 Å². The second-order valence-corrected chi connectivity index (χ2v) is 4.01. The van der Waals surface area contributed by atoms with Crippen LogP contribution in [0.5, 0.6) is 0 Å². The van der Waals surface area contributed by atoms with Gasteiger partial charge in [-0.25, -0.2) is 0 Å². The van der Waals surface area contributed by atoms with Crippen molar-refractivity contribution in [1.82, 2.24) is 9.78 Å². The van der Waals surface area contributed by atoms with Crippen LogP contribution in [-0.2, 0) is 12.7 Å². The van der Waals surface area contributed by atoms with Crippen molar-refractivity contribution >= 4 is 6.29 Å². The number of aromatic nitrogens is 2. The largest absolute Gasteiger partial charge is 0.417 e. The molecule has 0 atom stereocenters. The summed E-state index contributed by atoms with van der Waals surface area (Å²) in [6.07, 6.45) is -1.18. The molecule has 0 aliphatic heterocycles. The fourth-order valence-electron chi connectivity index (χ4n) is 1.80. The van der Waals surface area contributed by atoms with Crippen molar-refractivity contribution in [3.05, 3.63) is 41.7 Å². The number of benzene rings is 1. The molecule has 0 fully saturated rings. The molecule has 1 heterocycles. The van der Waals surface area contributed by atoms with E-state index in [4.69, 9.17) is 0 Å². The molecular weight excluding hydrogens is 257 g/mol. The lowest BCUT2D eigenvalue weighted by Gasteiger charge is -2.12. The Morgan fingerprint density at radius 3 is 2.63 bits per heavy atom. The van der Waals surface area contributed by atoms with Crippen LogP contribution in [-0.4, -0.2) is 16.1 Å². The van der Waals surface area contributed by atoms with Crippen molar-refractivity contribution < 1.29 is 18.0 Å². The molecule has 0 N–H and O–H groups in total. The Balaban J connectivity index is 2.59. The molecule has 0 bridgehead atoms. The highest BCUT2D eigenvalue weighted by molar-refractivity contribution is 5.78. The van der Waals surface area contributed by atoms with Gasteiger partial charge in [0.05, 0.1) is 11.8 Å². The minimum atomic E-state index is -4.51. The molecule has 0 aliphatic carbocycles. The van der Waals surface area contributed by atoms with Crippen molar-refractivity contribution in [3.8, 4) is 11.1 Å². The molecule has 19 heavy (non-hydrogen) atoms. The van der Waals surface area contributed by atoms with E-state index in [2.05, 4.69) is 5.10 Å². The van der Waals surface area contributed by atoms with E-state index >= 15 is 0 Å². The predicted molar refractivity (Wildman–Crippen MR) is 63.7 cm³/mol. The highest BCUT2D eigenvalue weighted by Gasteiger charge is 2.34. The molecule has 1 aromatic carbocycles. The number of nitrogens with zero attached hydrogens (tertiary/aromatic N) is 2. The molecule has 100 valence electrons. The summed E-state index contributed by atoms with van der Waals surface area (Å²) in [7, 11) is 0. The predicted octanol–water partition coefficient (Wildman–Crippen LogP) is 3.40. The van der Waals surface area contributed by atoms with E-state index < -0.39 is 11.7 Å². The number of halogens is 3. The third-order valence-corrected chi connectivity index (χ3v) is 2.75. The third-order valence-electron chi connectivity index (χ3n) is 2.75. The minimum absolute atomic E-state index is 0.000964. The van der Waals surface area contributed by atoms with Crippen LogP contribution in [0.15, 0.2) is 30.6 Å². The molecule has 0 saturated heterocycles. The van der Waals surface area contributed by atoms with Gasteiger partial charge in [-0.15, -0.1) is 0 Å². The van der Waals surface area contributed by atoms with Gasteiger partial charge in [-0.1, -0.05) is 12.1 Å². The Hall–Kier alpha value is -2.11. The first-order chi connectivity index (χ1) is 8.95. The average molecular weight is 268 g/mol. The van der Waals surface area contributed by atoms with Gasteiger partial charge in [0.15, 0.2) is 0 Å². The monoisotopic (exact) mass is 268 g/mol. The van der Waals surface area contributed by atoms with Crippen LogP contribution in [0.1, 0.15) is 22.8 Å². The van der Waals surface area contributed by atoms with E-state index in [-0.39, 0.29) is 11.1 Å². The zero-order valence-electron chi connectivity index (χ0n) is 10.1. The second-order valence-electron chi connectivity index (χ2n) is 4.01. The van der Waals surface area contributed by atoms with Crippen LogP contribution in [0, 0.1) is 0 Å². The van der Waals surface area contributed by atoms with Crippen LogP contribution >= 0.6 is 0 Å². The molecule has 0 amide bonds. The number of carbonyl (C=O) groups excluding carboxylic acids is 1. The van der Waals surface area contributed by atoms with Crippen molar-refractivity contribution in [2.45, 2.75) is 19.6 Å². The Kier molecular flexibility index (Phi) is 3.42. The van der Waals surface area contributed by atoms with E-state index in [1.54, 1.807) is 10.9 Å². The van der Waals surface area contributed by atoms with E-state index in [9.17, 15) is 18.0 Å². The first-order valence-corrected chi connectivity index (χ1v) is 5.65. The first-order valence-electron chi connectivity index (χ1n) is 5.65. The van der Waals surface area contributed by atoms with E-state index in [0.29, 0.717) is 18.4 Å². The fraction of sp³-hybridized carbons (Fsp3) is 0.231. The van der Waals surface area contributed by atoms with E-state index in [1.165, 1.54) is 18.3 Å². The number of alkyl halides is 3. The van der Waals surface area contributed by atoms with Crippen LogP contribution in [0.25, 0.3) is 11.1 Å². The number of aldehydes is 1. The highest BCUT2D eigenvalue weighted by Crippen LogP contribution is 2.37. The highest BCUT2D eigenvalue weighted by atomic mass is 19.4. The van der Waals surface area contributed by atoms with Crippen LogP contribution in [0.4, 0.5) is 13.2 Å². The molecule has 6 heteroatoms. The summed E-state index contributed by atoms with van der Waals surface area (Å²) in [6.45, 7) is 2.42. The summed E-state index contributed by atoms with van der Waals surface area (Å²) in [4.78, 5) is 10.6. The lowest BCUT2D eigenvalue weighted by atomic mass is 9.99. The molecule has 0 saturated carbocycles. The molecule has 0 aliphatic rings. The van der Waals surface area contributed by atoms with Crippen LogP contribution in [0.2, 0.25) is 0 Å². The normalized spacial score (nSPS) is 11.6. The van der Waals surface area contributed by atoms with Gasteiger partial charge in [-0.05, 0) is 18.6 Å². The van der Waals surface area contributed by atoms with Crippen molar-refractivity contribution in [2.75, 3.05) is 0 Å². The molecule has 2 aromatic rings. The quantitative estimate of drug-likeness (QED) is 0.800. The third kappa shape index (κ3) is 2.67. The van der Waals surface area contributed by atoms with Gasteiger partial charge in [0.25, 0.3) is 0 Å². The topological polar surface area (TPSA) is 34.9 Å². The maximum atomic E-state index is 13.0. The summed E-state index contributed by atoms with van der Waals surface area (Å²) in [5.41, 5.74) is -0.420. The van der Waals surface area contributed by atoms with Gasteiger partial charge in [-0.3, -0.25) is 9.48 Å². The summed E-state index contributed by atoms with van der Waals surface area (Å²) in [6, 6.07) is 3.51. The summed E-state index contributed by atoms with van der Waals surface area (Å²) in [5, 5.41) is 3.96. The molecule has 3 nitrogen and oxygen atoms in total. The van der Waals surface area contributed by atoms with Gasteiger partial charge in [-0.2, -0.15) is 18.3 Å². The average Bonchev–Trinajstić information content (AvgIpc) is 2.85. The maximum Gasteiger partial charge on any atom is 0.417 e. The lowest BCUT2D eigenvalue weighted by Crippen LogP contribution is -2.07. The standard InChI is InChI=1S/C13H11F3N2O/c1-2-18-7-10(6-17-18)11-4-3-9(8-19)5-12(11)13(14,15)16/h3-8H,2H2,1H3. The lowest BCUT2D eigenvalue weighted by molar-refractivity contribution is -0.137. The Morgan fingerprint density at radius 1 is 1.37 bits per heavy atom. The van der Waals surface area contributed by atoms with E-state index in [1.807, 2.05) is 6.92 Å². The van der Waals surface area contributed by atoms with Gasteiger partial charge in [0.1, 0.15) is 6.29 Å². The number of aryl methyl sites for hydroxylation is 1. The molecule has 2 rings (SSSR count). The number of carbonyl (C=O) groups is 1. The number of hydrogen-bond acceptors (Lipinski definition) is 2. The Morgan fingerprint density at radius 2 is 2.11 bits per heavy atom. The zero-order valence-corrected chi connectivity index (χ0v) is 10.1. The SMILES string of the molecule is CCn1cc(-c2ccc(C=O)cc2C(F)(F)F)cn1. The summed E-state index contributed by atoms with van der Waals surface area (Å²) < 4.78 is 40.5. The summed E-state index contributed by atoms with van der Waals surface area (Å²) >= 11 is 0. The second kappa shape index (κ2) is 4.87. The van der Waals surface area contributed by atoms with Crippen molar-refractivity contribution in [3.63, 3.8) is 0 Å². The minimum Gasteiger partial charge on any atom is -0.298 e. The van der Waals surface area contributed by atoms with E-state index in [0.717, 1.165) is 6.07 Å². The molecule has 0 radical (unpaired) electrons. The van der Waals surface area contributed by atoms with Gasteiger partial charge >= 0.3 is 6.18 Å². The molecule has 0 unspecified atom stereocenters. The first kappa shape index (κ1) is 13.3. The molecular formula is C13H11F3N2O. The molecule has 1 aromatic heterocycles. The number of hydrogen-bond donors (Lipinski definition) is 0. The zero-order chi connectivity index (χ0) is 14.0. The van der Waals surface area contributed by atoms with Gasteiger partial charge < -0.3 is 0 Å².